The van der Waals surface area contributed by atoms with E-state index in [-0.39, 0.29) is 5.92 Å². The molecule has 0 spiro atoms. The van der Waals surface area contributed by atoms with Crippen LogP contribution >= 0.6 is 0 Å². The molecule has 0 bridgehead atoms. The molecular formula is C11H21N3O2. The van der Waals surface area contributed by atoms with Crippen molar-refractivity contribution in [1.82, 2.24) is 10.1 Å². The number of nitrogens with two attached hydrogens (primary N) is 1. The molecule has 1 rings (SSSR count). The van der Waals surface area contributed by atoms with E-state index in [1.807, 2.05) is 0 Å². The van der Waals surface area contributed by atoms with Crippen molar-refractivity contribution in [2.45, 2.75) is 32.6 Å². The summed E-state index contributed by atoms with van der Waals surface area (Å²) >= 11 is 0. The third-order valence-electron chi connectivity index (χ3n) is 2.40. The van der Waals surface area contributed by atoms with Crippen molar-refractivity contribution in [2.24, 2.45) is 11.7 Å². The lowest BCUT2D eigenvalue weighted by molar-refractivity contribution is 0.199. The number of methoxy groups -OCH3 is 1. The van der Waals surface area contributed by atoms with Crippen LogP contribution in [0.1, 0.15) is 37.9 Å². The summed E-state index contributed by atoms with van der Waals surface area (Å²) in [6.45, 7) is 5.47. The average molecular weight is 227 g/mol. The van der Waals surface area contributed by atoms with Crippen molar-refractivity contribution >= 4 is 0 Å². The van der Waals surface area contributed by atoms with Gasteiger partial charge in [0.25, 0.3) is 0 Å². The molecule has 0 radical (unpaired) electrons. The van der Waals surface area contributed by atoms with Crippen molar-refractivity contribution in [3.8, 4) is 0 Å². The fourth-order valence-electron chi connectivity index (χ4n) is 1.60. The highest BCUT2D eigenvalue weighted by molar-refractivity contribution is 4.95. The molecule has 92 valence electrons. The zero-order valence-corrected chi connectivity index (χ0v) is 10.3. The molecule has 1 unspecified atom stereocenters. The monoisotopic (exact) mass is 227 g/mol. The Morgan fingerprint density at radius 3 is 2.75 bits per heavy atom. The van der Waals surface area contributed by atoms with E-state index in [4.69, 9.17) is 15.0 Å². The topological polar surface area (TPSA) is 74.2 Å². The van der Waals surface area contributed by atoms with Gasteiger partial charge in [0.05, 0.1) is 12.5 Å². The number of nitrogens with zero attached hydrogens (tertiary/aromatic N) is 2. The molecule has 0 aliphatic carbocycles. The van der Waals surface area contributed by atoms with Crippen LogP contribution in [-0.2, 0) is 11.2 Å². The third-order valence-corrected chi connectivity index (χ3v) is 2.40. The van der Waals surface area contributed by atoms with E-state index in [2.05, 4.69) is 24.0 Å². The zero-order chi connectivity index (χ0) is 12.0. The van der Waals surface area contributed by atoms with E-state index in [9.17, 15) is 0 Å². The molecular weight excluding hydrogens is 206 g/mol. The van der Waals surface area contributed by atoms with E-state index in [0.717, 1.165) is 6.42 Å². The summed E-state index contributed by atoms with van der Waals surface area (Å²) in [4.78, 5) is 4.33. The average Bonchev–Trinajstić information content (AvgIpc) is 2.71. The van der Waals surface area contributed by atoms with Crippen LogP contribution in [0.3, 0.4) is 0 Å². The Morgan fingerprint density at radius 2 is 2.19 bits per heavy atom. The van der Waals surface area contributed by atoms with Gasteiger partial charge in [0.15, 0.2) is 5.82 Å². The summed E-state index contributed by atoms with van der Waals surface area (Å²) in [7, 11) is 1.66. The molecule has 1 aromatic heterocycles. The third kappa shape index (κ3) is 3.90. The Morgan fingerprint density at radius 1 is 1.44 bits per heavy atom. The zero-order valence-electron chi connectivity index (χ0n) is 10.3. The summed E-state index contributed by atoms with van der Waals surface area (Å²) in [5, 5.41) is 3.91. The Hall–Kier alpha value is -0.940. The summed E-state index contributed by atoms with van der Waals surface area (Å²) in [6, 6.07) is 0. The van der Waals surface area contributed by atoms with Gasteiger partial charge in [-0.1, -0.05) is 19.0 Å². The van der Waals surface area contributed by atoms with Crippen molar-refractivity contribution in [3.05, 3.63) is 11.7 Å². The molecule has 16 heavy (non-hydrogen) atoms. The van der Waals surface area contributed by atoms with Gasteiger partial charge in [0.1, 0.15) is 0 Å². The van der Waals surface area contributed by atoms with Crippen molar-refractivity contribution < 1.29 is 9.26 Å². The van der Waals surface area contributed by atoms with E-state index in [0.29, 0.717) is 37.2 Å². The Balaban J connectivity index is 2.59. The summed E-state index contributed by atoms with van der Waals surface area (Å²) in [6.07, 6.45) is 1.65. The van der Waals surface area contributed by atoms with E-state index in [1.165, 1.54) is 0 Å². The van der Waals surface area contributed by atoms with Gasteiger partial charge in [-0.15, -0.1) is 0 Å². The van der Waals surface area contributed by atoms with E-state index >= 15 is 0 Å². The molecule has 5 nitrogen and oxygen atoms in total. The summed E-state index contributed by atoms with van der Waals surface area (Å²) in [5.74, 6) is 2.09. The first-order chi connectivity index (χ1) is 7.67. The van der Waals surface area contributed by atoms with Gasteiger partial charge in [-0.05, 0) is 12.3 Å². The van der Waals surface area contributed by atoms with Gasteiger partial charge in [0, 0.05) is 20.1 Å². The molecule has 1 heterocycles. The van der Waals surface area contributed by atoms with Crippen LogP contribution in [0.5, 0.6) is 0 Å². The fourth-order valence-corrected chi connectivity index (χ4v) is 1.60. The van der Waals surface area contributed by atoms with Crippen LogP contribution in [0, 0.1) is 5.92 Å². The van der Waals surface area contributed by atoms with Crippen LogP contribution < -0.4 is 5.73 Å². The molecule has 1 atom stereocenters. The minimum Gasteiger partial charge on any atom is -0.384 e. The predicted molar refractivity (Wildman–Crippen MR) is 61.1 cm³/mol. The highest BCUT2D eigenvalue weighted by atomic mass is 16.5. The van der Waals surface area contributed by atoms with Crippen LogP contribution in [0.15, 0.2) is 4.52 Å². The molecule has 0 saturated heterocycles. The van der Waals surface area contributed by atoms with Crippen LogP contribution in [0.2, 0.25) is 0 Å². The highest BCUT2D eigenvalue weighted by Crippen LogP contribution is 2.21. The van der Waals surface area contributed by atoms with E-state index in [1.54, 1.807) is 7.11 Å². The number of ether oxygens (including phenoxy) is 1. The van der Waals surface area contributed by atoms with Crippen molar-refractivity contribution in [3.63, 3.8) is 0 Å². The quantitative estimate of drug-likeness (QED) is 0.761. The maximum absolute atomic E-state index is 5.71. The van der Waals surface area contributed by atoms with Gasteiger partial charge in [-0.25, -0.2) is 0 Å². The van der Waals surface area contributed by atoms with Crippen molar-refractivity contribution in [1.29, 1.82) is 0 Å². The molecule has 1 aromatic rings. The first-order valence-corrected chi connectivity index (χ1v) is 5.68. The van der Waals surface area contributed by atoms with Gasteiger partial charge < -0.3 is 15.0 Å². The number of hydrogen-bond acceptors (Lipinski definition) is 5. The van der Waals surface area contributed by atoms with Crippen LogP contribution in [0.25, 0.3) is 0 Å². The van der Waals surface area contributed by atoms with Crippen LogP contribution in [0.4, 0.5) is 0 Å². The van der Waals surface area contributed by atoms with Crippen LogP contribution in [-0.4, -0.2) is 30.4 Å². The van der Waals surface area contributed by atoms with Crippen molar-refractivity contribution in [2.75, 3.05) is 20.3 Å². The summed E-state index contributed by atoms with van der Waals surface area (Å²) in [5.41, 5.74) is 5.71. The SMILES string of the molecule is COCCc1noc(C(CN)CC(C)C)n1. The van der Waals surface area contributed by atoms with E-state index < -0.39 is 0 Å². The molecule has 2 N–H and O–H groups in total. The smallest absolute Gasteiger partial charge is 0.231 e. The minimum atomic E-state index is 0.170. The second-order valence-corrected chi connectivity index (χ2v) is 4.35. The largest absolute Gasteiger partial charge is 0.384 e. The molecule has 0 aromatic carbocycles. The second kappa shape index (κ2) is 6.60. The van der Waals surface area contributed by atoms with Gasteiger partial charge in [0.2, 0.25) is 5.89 Å². The minimum absolute atomic E-state index is 0.170. The molecule has 0 amide bonds. The first kappa shape index (κ1) is 13.1. The standard InChI is InChI=1S/C11H21N3O2/c1-8(2)6-9(7-12)11-13-10(14-16-11)4-5-15-3/h8-9H,4-7,12H2,1-3H3. The lowest BCUT2D eigenvalue weighted by Gasteiger charge is -2.11. The number of aromatic nitrogens is 2. The molecule has 0 saturated carbocycles. The molecule has 0 fully saturated rings. The second-order valence-electron chi connectivity index (χ2n) is 4.35. The fraction of sp³-hybridized carbons (Fsp3) is 0.818. The maximum atomic E-state index is 5.71. The Bertz CT molecular complexity index is 299. The highest BCUT2D eigenvalue weighted by Gasteiger charge is 2.18. The van der Waals surface area contributed by atoms with Gasteiger partial charge >= 0.3 is 0 Å². The lowest BCUT2D eigenvalue weighted by atomic mass is 9.97. The Kier molecular flexibility index (Phi) is 5.42. The lowest BCUT2D eigenvalue weighted by Crippen LogP contribution is -2.15. The maximum Gasteiger partial charge on any atom is 0.231 e. The molecule has 0 aliphatic rings. The first-order valence-electron chi connectivity index (χ1n) is 5.68. The summed E-state index contributed by atoms with van der Waals surface area (Å²) < 4.78 is 10.2. The Labute approximate surface area is 96.4 Å². The molecule has 5 heteroatoms. The molecule has 0 aliphatic heterocycles. The number of hydrogen-bond donors (Lipinski definition) is 1. The van der Waals surface area contributed by atoms with Gasteiger partial charge in [-0.3, -0.25) is 0 Å². The number of rotatable bonds is 7. The predicted octanol–water partition coefficient (Wildman–Crippen LogP) is 1.35. The van der Waals surface area contributed by atoms with Gasteiger partial charge in [-0.2, -0.15) is 4.98 Å². The normalized spacial score (nSPS) is 13.3.